The summed E-state index contributed by atoms with van der Waals surface area (Å²) < 4.78 is 27.7. The molecule has 4 rings (SSSR count). The van der Waals surface area contributed by atoms with Crippen molar-refractivity contribution in [1.82, 2.24) is 15.2 Å². The fourth-order valence-electron chi connectivity index (χ4n) is 3.66. The molecule has 7 heteroatoms. The third-order valence-electron chi connectivity index (χ3n) is 4.91. The van der Waals surface area contributed by atoms with Gasteiger partial charge in [-0.2, -0.15) is 13.5 Å². The fraction of sp³-hybridized carbons (Fsp3) is 0.130. The topological polar surface area (TPSA) is 84.9 Å². The molecule has 6 nitrogen and oxygen atoms in total. The van der Waals surface area contributed by atoms with Gasteiger partial charge in [0.1, 0.15) is 17.8 Å². The number of aromatic amines is 1. The summed E-state index contributed by atoms with van der Waals surface area (Å²) in [6, 6.07) is 30.1. The average Bonchev–Trinajstić information content (AvgIpc) is 3.24. The number of nitrogens with one attached hydrogen (secondary N) is 1. The lowest BCUT2D eigenvalue weighted by atomic mass is 9.69. The Bertz CT molecular complexity index is 1110. The Morgan fingerprint density at radius 2 is 1.23 bits per heavy atom. The molecule has 3 aromatic carbocycles. The first-order valence-electron chi connectivity index (χ1n) is 9.43. The minimum absolute atomic E-state index is 0.232. The van der Waals surface area contributed by atoms with E-state index in [1.807, 2.05) is 54.6 Å². The van der Waals surface area contributed by atoms with E-state index in [1.54, 1.807) is 0 Å². The minimum Gasteiger partial charge on any atom is -0.262 e. The zero-order valence-electron chi connectivity index (χ0n) is 16.4. The van der Waals surface area contributed by atoms with Crippen LogP contribution in [-0.2, 0) is 26.3 Å². The van der Waals surface area contributed by atoms with Gasteiger partial charge in [0, 0.05) is 0 Å². The van der Waals surface area contributed by atoms with Crippen LogP contribution in [0.15, 0.2) is 91.0 Å². The molecule has 0 spiro atoms. The van der Waals surface area contributed by atoms with Crippen molar-refractivity contribution < 1.29 is 12.6 Å². The second-order valence-electron chi connectivity index (χ2n) is 6.91. The van der Waals surface area contributed by atoms with Gasteiger partial charge < -0.3 is 0 Å². The van der Waals surface area contributed by atoms with Crippen LogP contribution in [0.4, 0.5) is 0 Å². The van der Waals surface area contributed by atoms with Gasteiger partial charge in [-0.05, 0) is 16.7 Å². The first-order chi connectivity index (χ1) is 14.5. The summed E-state index contributed by atoms with van der Waals surface area (Å²) in [4.78, 5) is 4.66. The van der Waals surface area contributed by atoms with E-state index in [9.17, 15) is 8.42 Å². The Morgan fingerprint density at radius 3 is 1.63 bits per heavy atom. The fourth-order valence-corrected chi connectivity index (χ4v) is 3.98. The molecule has 0 bridgehead atoms. The second kappa shape index (κ2) is 8.22. The molecule has 0 atom stereocenters. The highest BCUT2D eigenvalue weighted by atomic mass is 32.2. The summed E-state index contributed by atoms with van der Waals surface area (Å²) in [5.41, 5.74) is 2.26. The van der Waals surface area contributed by atoms with Crippen molar-refractivity contribution in [2.45, 2.75) is 12.0 Å². The quantitative estimate of drug-likeness (QED) is 0.365. The zero-order chi connectivity index (χ0) is 21.0. The van der Waals surface area contributed by atoms with E-state index >= 15 is 0 Å². The maximum Gasteiger partial charge on any atom is 0.264 e. The van der Waals surface area contributed by atoms with Crippen molar-refractivity contribution in [3.05, 3.63) is 119 Å². The standard InChI is InChI=1S/C23H21N3O3S/c1-30(27,28)29-17-21-24-22(26-25-21)23(18-11-5-2-6-12-18,19-13-7-3-8-14-19)20-15-9-4-10-16-20/h2-16H,17H2,1H3,(H,24,25,26). The molecular weight excluding hydrogens is 398 g/mol. The molecule has 152 valence electrons. The molecule has 0 saturated heterocycles. The summed E-state index contributed by atoms with van der Waals surface area (Å²) in [5, 5.41) is 7.28. The van der Waals surface area contributed by atoms with Crippen LogP contribution in [0.25, 0.3) is 0 Å². The molecule has 1 aromatic heterocycles. The van der Waals surface area contributed by atoms with E-state index in [2.05, 4.69) is 51.6 Å². The number of hydrogen-bond donors (Lipinski definition) is 1. The Balaban J connectivity index is 1.96. The van der Waals surface area contributed by atoms with Gasteiger partial charge in [-0.3, -0.25) is 9.28 Å². The number of aromatic nitrogens is 3. The van der Waals surface area contributed by atoms with Crippen LogP contribution in [0.3, 0.4) is 0 Å². The second-order valence-corrected chi connectivity index (χ2v) is 8.56. The van der Waals surface area contributed by atoms with Gasteiger partial charge in [0.2, 0.25) is 0 Å². The van der Waals surface area contributed by atoms with Gasteiger partial charge in [-0.25, -0.2) is 4.98 Å². The lowest BCUT2D eigenvalue weighted by molar-refractivity contribution is 0.302. The van der Waals surface area contributed by atoms with Gasteiger partial charge in [-0.15, -0.1) is 0 Å². The SMILES string of the molecule is CS(=O)(=O)OCc1n[nH]c(C(c2ccccc2)(c2ccccc2)c2ccccc2)n1. The lowest BCUT2D eigenvalue weighted by Crippen LogP contribution is -2.32. The summed E-state index contributed by atoms with van der Waals surface area (Å²) in [6.07, 6.45) is 1.00. The van der Waals surface area contributed by atoms with E-state index in [0.717, 1.165) is 22.9 Å². The normalized spacial score (nSPS) is 12.0. The van der Waals surface area contributed by atoms with Gasteiger partial charge in [0.05, 0.1) is 6.26 Å². The molecule has 0 unspecified atom stereocenters. The van der Waals surface area contributed by atoms with Gasteiger partial charge >= 0.3 is 0 Å². The summed E-state index contributed by atoms with van der Waals surface area (Å²) in [7, 11) is -3.60. The van der Waals surface area contributed by atoms with Crippen LogP contribution in [0.2, 0.25) is 0 Å². The molecule has 0 aliphatic heterocycles. The van der Waals surface area contributed by atoms with Crippen molar-refractivity contribution >= 4 is 10.1 Å². The third kappa shape index (κ3) is 3.90. The van der Waals surface area contributed by atoms with Gasteiger partial charge in [0.15, 0.2) is 5.82 Å². The van der Waals surface area contributed by atoms with Crippen LogP contribution in [0.1, 0.15) is 28.3 Å². The van der Waals surface area contributed by atoms with Crippen molar-refractivity contribution in [2.75, 3.05) is 6.26 Å². The summed E-state index contributed by atoms with van der Waals surface area (Å²) >= 11 is 0. The number of hydrogen-bond acceptors (Lipinski definition) is 5. The minimum atomic E-state index is -3.60. The Kier molecular flexibility index (Phi) is 5.48. The molecule has 0 amide bonds. The molecule has 0 aliphatic rings. The Labute approximate surface area is 175 Å². The molecule has 0 saturated carbocycles. The Morgan fingerprint density at radius 1 is 0.800 bits per heavy atom. The molecule has 1 N–H and O–H groups in total. The van der Waals surface area contributed by atoms with Gasteiger partial charge in [-0.1, -0.05) is 91.0 Å². The summed E-state index contributed by atoms with van der Waals surface area (Å²) in [5.74, 6) is 0.848. The van der Waals surface area contributed by atoms with Gasteiger partial charge in [0.25, 0.3) is 10.1 Å². The maximum absolute atomic E-state index is 11.4. The number of benzene rings is 3. The highest BCUT2D eigenvalue weighted by Crippen LogP contribution is 2.43. The van der Waals surface area contributed by atoms with E-state index in [0.29, 0.717) is 5.82 Å². The molecule has 4 aromatic rings. The third-order valence-corrected chi connectivity index (χ3v) is 5.46. The average molecular weight is 420 g/mol. The van der Waals surface area contributed by atoms with E-state index in [4.69, 9.17) is 4.18 Å². The van der Waals surface area contributed by atoms with E-state index < -0.39 is 15.5 Å². The lowest BCUT2D eigenvalue weighted by Gasteiger charge is -2.33. The zero-order valence-corrected chi connectivity index (χ0v) is 17.2. The molecule has 0 fully saturated rings. The van der Waals surface area contributed by atoms with E-state index in [-0.39, 0.29) is 12.4 Å². The predicted octanol–water partition coefficient (Wildman–Crippen LogP) is 3.66. The van der Waals surface area contributed by atoms with Crippen LogP contribution in [0, 0.1) is 0 Å². The smallest absolute Gasteiger partial charge is 0.262 e. The Hall–Kier alpha value is -3.29. The molecule has 0 radical (unpaired) electrons. The van der Waals surface area contributed by atoms with Crippen molar-refractivity contribution in [1.29, 1.82) is 0 Å². The summed E-state index contributed by atoms with van der Waals surface area (Å²) in [6.45, 7) is -0.232. The first kappa shape index (κ1) is 20.0. The first-order valence-corrected chi connectivity index (χ1v) is 11.2. The van der Waals surface area contributed by atoms with Crippen molar-refractivity contribution in [3.8, 4) is 0 Å². The monoisotopic (exact) mass is 419 g/mol. The van der Waals surface area contributed by atoms with E-state index in [1.165, 1.54) is 0 Å². The van der Waals surface area contributed by atoms with Crippen LogP contribution >= 0.6 is 0 Å². The van der Waals surface area contributed by atoms with Crippen molar-refractivity contribution in [2.24, 2.45) is 0 Å². The highest BCUT2D eigenvalue weighted by Gasteiger charge is 2.41. The maximum atomic E-state index is 11.4. The molecule has 30 heavy (non-hydrogen) atoms. The van der Waals surface area contributed by atoms with Crippen molar-refractivity contribution in [3.63, 3.8) is 0 Å². The van der Waals surface area contributed by atoms with Crippen LogP contribution < -0.4 is 0 Å². The molecule has 1 heterocycles. The number of nitrogens with zero attached hydrogens (tertiary/aromatic N) is 2. The number of H-pyrrole nitrogens is 1. The highest BCUT2D eigenvalue weighted by molar-refractivity contribution is 7.85. The molecule has 0 aliphatic carbocycles. The predicted molar refractivity (Wildman–Crippen MR) is 114 cm³/mol. The molecular formula is C23H21N3O3S. The number of rotatable bonds is 7. The van der Waals surface area contributed by atoms with Crippen LogP contribution in [-0.4, -0.2) is 29.9 Å². The largest absolute Gasteiger partial charge is 0.264 e. The van der Waals surface area contributed by atoms with Crippen LogP contribution in [0.5, 0.6) is 0 Å².